The third-order valence-electron chi connectivity index (χ3n) is 3.06. The number of carboxylic acid groups (broad SMARTS) is 1. The fourth-order valence-corrected chi connectivity index (χ4v) is 2.17. The molecule has 0 radical (unpaired) electrons. The Balaban J connectivity index is 1.81. The number of hydrogen-bond donors (Lipinski definition) is 2. The first-order valence-corrected chi connectivity index (χ1v) is 7.13. The summed E-state index contributed by atoms with van der Waals surface area (Å²) in [5.41, 5.74) is 0.617. The molecule has 2 aromatic rings. The Kier molecular flexibility index (Phi) is 5.22. The summed E-state index contributed by atoms with van der Waals surface area (Å²) < 4.78 is 5.45. The minimum Gasteiger partial charge on any atom is -0.481 e. The van der Waals surface area contributed by atoms with E-state index in [9.17, 15) is 9.59 Å². The predicted octanol–water partition coefficient (Wildman–Crippen LogP) is 3.46. The molecule has 0 saturated heterocycles. The zero-order valence-electron chi connectivity index (χ0n) is 11.4. The first-order chi connectivity index (χ1) is 10.1. The molecular formula is C15H16ClNO4. The molecule has 0 bridgehead atoms. The van der Waals surface area contributed by atoms with E-state index in [2.05, 4.69) is 5.32 Å². The minimum absolute atomic E-state index is 0.165. The number of carbonyl (C=O) groups excluding carboxylic acids is 1. The van der Waals surface area contributed by atoms with E-state index < -0.39 is 5.97 Å². The molecule has 0 saturated carbocycles. The van der Waals surface area contributed by atoms with Crippen LogP contribution in [0.2, 0.25) is 5.02 Å². The van der Waals surface area contributed by atoms with Crippen LogP contribution in [-0.2, 0) is 4.79 Å². The van der Waals surface area contributed by atoms with Gasteiger partial charge in [0.15, 0.2) is 5.76 Å². The summed E-state index contributed by atoms with van der Waals surface area (Å²) in [6.07, 6.45) is 2.29. The number of benzene rings is 1. The highest BCUT2D eigenvalue weighted by Gasteiger charge is 2.11. The molecule has 21 heavy (non-hydrogen) atoms. The molecule has 2 rings (SSSR count). The SMILES string of the molecule is O=C(O)CCCCCNC(=O)c1cc2cc(Cl)ccc2o1. The number of nitrogens with one attached hydrogen (secondary N) is 1. The van der Waals surface area contributed by atoms with Gasteiger partial charge in [-0.05, 0) is 37.1 Å². The molecule has 0 atom stereocenters. The average molecular weight is 310 g/mol. The number of halogens is 1. The van der Waals surface area contributed by atoms with Crippen molar-refractivity contribution < 1.29 is 19.1 Å². The van der Waals surface area contributed by atoms with Gasteiger partial charge in [0, 0.05) is 23.4 Å². The van der Waals surface area contributed by atoms with Crippen LogP contribution >= 0.6 is 11.6 Å². The monoisotopic (exact) mass is 309 g/mol. The number of fused-ring (bicyclic) bond motifs is 1. The molecule has 0 spiro atoms. The van der Waals surface area contributed by atoms with Crippen LogP contribution in [0.3, 0.4) is 0 Å². The molecule has 0 fully saturated rings. The molecule has 0 aliphatic heterocycles. The maximum atomic E-state index is 11.9. The summed E-state index contributed by atoms with van der Waals surface area (Å²) in [6, 6.07) is 6.82. The zero-order chi connectivity index (χ0) is 15.2. The van der Waals surface area contributed by atoms with Crippen LogP contribution in [0.1, 0.15) is 36.2 Å². The van der Waals surface area contributed by atoms with Crippen LogP contribution in [0.5, 0.6) is 0 Å². The van der Waals surface area contributed by atoms with E-state index in [0.29, 0.717) is 23.6 Å². The summed E-state index contributed by atoms with van der Waals surface area (Å²) in [7, 11) is 0. The Morgan fingerprint density at radius 3 is 2.76 bits per heavy atom. The van der Waals surface area contributed by atoms with Gasteiger partial charge in [-0.25, -0.2) is 0 Å². The number of carbonyl (C=O) groups is 2. The second-order valence-electron chi connectivity index (χ2n) is 4.75. The second-order valence-corrected chi connectivity index (χ2v) is 5.19. The van der Waals surface area contributed by atoms with Crippen molar-refractivity contribution in [1.82, 2.24) is 5.32 Å². The third kappa shape index (κ3) is 4.49. The van der Waals surface area contributed by atoms with Crippen molar-refractivity contribution in [3.05, 3.63) is 35.0 Å². The first-order valence-electron chi connectivity index (χ1n) is 6.75. The number of furan rings is 1. The highest BCUT2D eigenvalue weighted by Crippen LogP contribution is 2.22. The predicted molar refractivity (Wildman–Crippen MR) is 79.7 cm³/mol. The zero-order valence-corrected chi connectivity index (χ0v) is 12.2. The first kappa shape index (κ1) is 15.4. The van der Waals surface area contributed by atoms with Crippen LogP contribution < -0.4 is 5.32 Å². The Morgan fingerprint density at radius 2 is 2.00 bits per heavy atom. The van der Waals surface area contributed by atoms with Crippen molar-refractivity contribution in [1.29, 1.82) is 0 Å². The number of rotatable bonds is 7. The Hall–Kier alpha value is -2.01. The molecule has 0 aliphatic rings. The van der Waals surface area contributed by atoms with Crippen LogP contribution in [0.25, 0.3) is 11.0 Å². The number of aliphatic carboxylic acids is 1. The summed E-state index contributed by atoms with van der Waals surface area (Å²) in [4.78, 5) is 22.3. The highest BCUT2D eigenvalue weighted by atomic mass is 35.5. The van der Waals surface area contributed by atoms with Crippen LogP contribution in [0.15, 0.2) is 28.7 Å². The molecule has 0 unspecified atom stereocenters. The third-order valence-corrected chi connectivity index (χ3v) is 3.29. The summed E-state index contributed by atoms with van der Waals surface area (Å²) in [5, 5.41) is 12.6. The molecule has 2 N–H and O–H groups in total. The van der Waals surface area contributed by atoms with E-state index in [1.165, 1.54) is 0 Å². The van der Waals surface area contributed by atoms with Gasteiger partial charge < -0.3 is 14.8 Å². The van der Waals surface area contributed by atoms with Crippen molar-refractivity contribution >= 4 is 34.4 Å². The maximum absolute atomic E-state index is 11.9. The fraction of sp³-hybridized carbons (Fsp3) is 0.333. The molecular weight excluding hydrogens is 294 g/mol. The molecule has 1 heterocycles. The van der Waals surface area contributed by atoms with Gasteiger partial charge in [-0.1, -0.05) is 18.0 Å². The van der Waals surface area contributed by atoms with Crippen molar-refractivity contribution in [2.24, 2.45) is 0 Å². The topological polar surface area (TPSA) is 79.5 Å². The average Bonchev–Trinajstić information content (AvgIpc) is 2.85. The van der Waals surface area contributed by atoms with Crippen molar-refractivity contribution in [2.75, 3.05) is 6.54 Å². The van der Waals surface area contributed by atoms with E-state index >= 15 is 0 Å². The number of amides is 1. The molecule has 1 aromatic carbocycles. The fourth-order valence-electron chi connectivity index (χ4n) is 1.99. The van der Waals surface area contributed by atoms with Crippen LogP contribution in [0.4, 0.5) is 0 Å². The van der Waals surface area contributed by atoms with E-state index in [1.54, 1.807) is 24.3 Å². The molecule has 1 amide bonds. The van der Waals surface area contributed by atoms with Crippen LogP contribution in [-0.4, -0.2) is 23.5 Å². The Labute approximate surface area is 126 Å². The number of carboxylic acids is 1. The molecule has 1 aromatic heterocycles. The van der Waals surface area contributed by atoms with Gasteiger partial charge in [-0.3, -0.25) is 9.59 Å². The summed E-state index contributed by atoms with van der Waals surface area (Å²) >= 11 is 5.88. The Bertz CT molecular complexity index is 650. The molecule has 5 nitrogen and oxygen atoms in total. The normalized spacial score (nSPS) is 10.7. The van der Waals surface area contributed by atoms with E-state index in [0.717, 1.165) is 18.2 Å². The number of hydrogen-bond acceptors (Lipinski definition) is 3. The Morgan fingerprint density at radius 1 is 1.19 bits per heavy atom. The van der Waals surface area contributed by atoms with Gasteiger partial charge in [-0.2, -0.15) is 0 Å². The van der Waals surface area contributed by atoms with Crippen molar-refractivity contribution in [3.63, 3.8) is 0 Å². The van der Waals surface area contributed by atoms with Gasteiger partial charge in [0.25, 0.3) is 5.91 Å². The van der Waals surface area contributed by atoms with E-state index in [1.807, 2.05) is 0 Å². The summed E-state index contributed by atoms with van der Waals surface area (Å²) in [5.74, 6) is -0.821. The lowest BCUT2D eigenvalue weighted by Crippen LogP contribution is -2.23. The lowest BCUT2D eigenvalue weighted by atomic mass is 10.2. The van der Waals surface area contributed by atoms with Gasteiger partial charge in [0.1, 0.15) is 5.58 Å². The number of unbranched alkanes of at least 4 members (excludes halogenated alkanes) is 2. The second kappa shape index (κ2) is 7.13. The van der Waals surface area contributed by atoms with Gasteiger partial charge in [0.2, 0.25) is 0 Å². The largest absolute Gasteiger partial charge is 0.481 e. The highest BCUT2D eigenvalue weighted by molar-refractivity contribution is 6.31. The lowest BCUT2D eigenvalue weighted by Gasteiger charge is -2.02. The standard InChI is InChI=1S/C15H16ClNO4/c16-11-5-6-12-10(8-11)9-13(21-12)15(20)17-7-3-1-2-4-14(18)19/h5-6,8-9H,1-4,7H2,(H,17,20)(H,18,19). The van der Waals surface area contributed by atoms with Crippen molar-refractivity contribution in [3.8, 4) is 0 Å². The van der Waals surface area contributed by atoms with Crippen molar-refractivity contribution in [2.45, 2.75) is 25.7 Å². The smallest absolute Gasteiger partial charge is 0.303 e. The van der Waals surface area contributed by atoms with Gasteiger partial charge in [-0.15, -0.1) is 0 Å². The minimum atomic E-state index is -0.792. The van der Waals surface area contributed by atoms with Crippen LogP contribution in [0, 0.1) is 0 Å². The summed E-state index contributed by atoms with van der Waals surface area (Å²) in [6.45, 7) is 0.496. The van der Waals surface area contributed by atoms with Gasteiger partial charge >= 0.3 is 5.97 Å². The molecule has 6 heteroatoms. The molecule has 112 valence electrons. The quantitative estimate of drug-likeness (QED) is 0.768. The maximum Gasteiger partial charge on any atom is 0.303 e. The lowest BCUT2D eigenvalue weighted by molar-refractivity contribution is -0.137. The van der Waals surface area contributed by atoms with E-state index in [-0.39, 0.29) is 18.1 Å². The molecule has 0 aliphatic carbocycles. The van der Waals surface area contributed by atoms with E-state index in [4.69, 9.17) is 21.1 Å². The van der Waals surface area contributed by atoms with Gasteiger partial charge in [0.05, 0.1) is 0 Å².